The Morgan fingerprint density at radius 1 is 0.565 bits per heavy atom. The van der Waals surface area contributed by atoms with Gasteiger partial charge in [0, 0.05) is 40.7 Å². The van der Waals surface area contributed by atoms with Crippen LogP contribution in [0.3, 0.4) is 0 Å². The molecular formula is C49H92N8O5. The molecule has 2 atom stereocenters. The van der Waals surface area contributed by atoms with Crippen molar-refractivity contribution in [3.8, 4) is 0 Å². The van der Waals surface area contributed by atoms with Crippen LogP contribution in [0.5, 0.6) is 0 Å². The number of hydroxylamine groups is 4. The van der Waals surface area contributed by atoms with Gasteiger partial charge in [-0.2, -0.15) is 25.1 Å². The third kappa shape index (κ3) is 17.4. The first-order valence-corrected chi connectivity index (χ1v) is 25.0. The Bertz CT molecular complexity index is 1350. The summed E-state index contributed by atoms with van der Waals surface area (Å²) in [6, 6.07) is 0.137. The number of nitrogens with zero attached hydrogens (tertiary/aromatic N) is 5. The average molecular weight is 873 g/mol. The van der Waals surface area contributed by atoms with Crippen LogP contribution in [-0.4, -0.2) is 89.5 Å². The molecule has 13 nitrogen and oxygen atoms in total. The molecule has 2 saturated heterocycles. The van der Waals surface area contributed by atoms with Crippen molar-refractivity contribution in [2.24, 2.45) is 11.8 Å². The topological polar surface area (TPSA) is 154 Å². The highest BCUT2D eigenvalue weighted by Gasteiger charge is 2.50. The van der Waals surface area contributed by atoms with Gasteiger partial charge in [0.15, 0.2) is 0 Å². The van der Waals surface area contributed by atoms with Crippen molar-refractivity contribution in [1.29, 1.82) is 0 Å². The summed E-state index contributed by atoms with van der Waals surface area (Å²) in [5, 5.41) is 24.1. The number of carbonyl (C=O) groups is 2. The summed E-state index contributed by atoms with van der Waals surface area (Å²) in [5.41, 5.74) is -0.773. The van der Waals surface area contributed by atoms with Crippen molar-refractivity contribution in [3.63, 3.8) is 0 Å². The molecule has 2 aliphatic heterocycles. The number of carboxylic acid groups (broad SMARTS) is 1. The highest BCUT2D eigenvalue weighted by Crippen LogP contribution is 2.45. The van der Waals surface area contributed by atoms with Crippen LogP contribution in [0, 0.1) is 11.8 Å². The highest BCUT2D eigenvalue weighted by atomic mass is 16.7. The first-order chi connectivity index (χ1) is 29.3. The van der Waals surface area contributed by atoms with Gasteiger partial charge >= 0.3 is 5.97 Å². The normalized spacial score (nSPS) is 20.1. The van der Waals surface area contributed by atoms with Crippen LogP contribution in [0.1, 0.15) is 224 Å². The zero-order chi connectivity index (χ0) is 46.0. The van der Waals surface area contributed by atoms with Crippen molar-refractivity contribution in [2.75, 3.05) is 29.2 Å². The van der Waals surface area contributed by atoms with E-state index in [2.05, 4.69) is 109 Å². The van der Waals surface area contributed by atoms with Crippen LogP contribution in [0.15, 0.2) is 0 Å². The van der Waals surface area contributed by atoms with Gasteiger partial charge in [-0.15, -0.1) is 0 Å². The maximum atomic E-state index is 13.0. The maximum Gasteiger partial charge on any atom is 0.303 e. The van der Waals surface area contributed by atoms with Crippen molar-refractivity contribution in [2.45, 2.75) is 259 Å². The fourth-order valence-electron chi connectivity index (χ4n) is 10.8. The Hall–Kier alpha value is -2.61. The monoisotopic (exact) mass is 873 g/mol. The molecule has 1 amide bonds. The lowest BCUT2D eigenvalue weighted by Crippen LogP contribution is -2.62. The van der Waals surface area contributed by atoms with Crippen LogP contribution in [-0.2, 0) is 19.3 Å². The van der Waals surface area contributed by atoms with Crippen LogP contribution < -0.4 is 16.0 Å². The zero-order valence-electron chi connectivity index (χ0n) is 41.6. The molecule has 3 rings (SSSR count). The fraction of sp³-hybridized carbons (Fsp3) is 0.898. The van der Waals surface area contributed by atoms with E-state index < -0.39 is 11.9 Å². The molecular weight excluding hydrogens is 781 g/mol. The quantitative estimate of drug-likeness (QED) is 0.0544. The number of carboxylic acids is 1. The number of rotatable bonds is 30. The van der Waals surface area contributed by atoms with Gasteiger partial charge in [-0.1, -0.05) is 105 Å². The lowest BCUT2D eigenvalue weighted by molar-refractivity contribution is -0.289. The van der Waals surface area contributed by atoms with Crippen molar-refractivity contribution in [1.82, 2.24) is 25.1 Å². The van der Waals surface area contributed by atoms with Crippen LogP contribution in [0.2, 0.25) is 0 Å². The van der Waals surface area contributed by atoms with Gasteiger partial charge in [0.25, 0.3) is 0 Å². The van der Waals surface area contributed by atoms with Crippen LogP contribution in [0.4, 0.5) is 17.8 Å². The van der Waals surface area contributed by atoms with E-state index in [1.807, 2.05) is 0 Å². The zero-order valence-corrected chi connectivity index (χ0v) is 41.6. The third-order valence-electron chi connectivity index (χ3n) is 13.1. The summed E-state index contributed by atoms with van der Waals surface area (Å²) < 4.78 is 0. The second-order valence-electron chi connectivity index (χ2n) is 21.2. The predicted octanol–water partition coefficient (Wildman–Crippen LogP) is 12.0. The minimum Gasteiger partial charge on any atom is -0.481 e. The Morgan fingerprint density at radius 3 is 1.27 bits per heavy atom. The lowest BCUT2D eigenvalue weighted by atomic mass is 9.71. The summed E-state index contributed by atoms with van der Waals surface area (Å²) in [6.45, 7) is 28.8. The Kier molecular flexibility index (Phi) is 22.3. The molecule has 0 spiro atoms. The van der Waals surface area contributed by atoms with Gasteiger partial charge in [-0.25, -0.2) is 0 Å². The van der Waals surface area contributed by atoms with Gasteiger partial charge in [0.1, 0.15) is 0 Å². The van der Waals surface area contributed by atoms with E-state index >= 15 is 0 Å². The molecule has 1 aromatic rings. The SMILES string of the molecule is CCCCCCCCON1C(C)(C)CC(C(CCC)Nc2nc(NC(=O)CCC(=O)O)nc(NC(CCC)C3CC(C)(C)N(OCCCCCCCC)C(C)(C)C3)n2)CC1(C)C. The van der Waals surface area contributed by atoms with Crippen LogP contribution in [0.25, 0.3) is 0 Å². The molecule has 1 aromatic heterocycles. The molecule has 2 unspecified atom stereocenters. The molecule has 0 radical (unpaired) electrons. The van der Waals surface area contributed by atoms with Gasteiger partial charge in [0.05, 0.1) is 19.6 Å². The van der Waals surface area contributed by atoms with E-state index in [0.29, 0.717) is 23.7 Å². The number of carbonyl (C=O) groups excluding carboxylic acids is 1. The summed E-state index contributed by atoms with van der Waals surface area (Å²) in [6.07, 6.45) is 21.9. The average Bonchev–Trinajstić information content (AvgIpc) is 3.16. The highest BCUT2D eigenvalue weighted by molar-refractivity contribution is 5.91. The Labute approximate surface area is 377 Å². The summed E-state index contributed by atoms with van der Waals surface area (Å²) in [7, 11) is 0. The van der Waals surface area contributed by atoms with Crippen molar-refractivity contribution < 1.29 is 24.4 Å². The number of hydrogen-bond acceptors (Lipinski definition) is 11. The van der Waals surface area contributed by atoms with Gasteiger partial charge in [-0.05, 0) is 119 Å². The number of aromatic nitrogens is 3. The number of anilines is 3. The van der Waals surface area contributed by atoms with E-state index in [1.165, 1.54) is 64.2 Å². The number of hydrogen-bond donors (Lipinski definition) is 4. The number of nitrogens with one attached hydrogen (secondary N) is 3. The maximum absolute atomic E-state index is 13.0. The Balaban J connectivity index is 1.85. The van der Waals surface area contributed by atoms with E-state index in [1.54, 1.807) is 0 Å². The summed E-state index contributed by atoms with van der Waals surface area (Å²) in [4.78, 5) is 52.0. The second-order valence-corrected chi connectivity index (χ2v) is 21.2. The second kappa shape index (κ2) is 25.8. The fourth-order valence-corrected chi connectivity index (χ4v) is 10.8. The molecule has 358 valence electrons. The molecule has 4 N–H and O–H groups in total. The minimum atomic E-state index is -1.03. The summed E-state index contributed by atoms with van der Waals surface area (Å²) in [5.74, 6) is 0.0614. The number of amides is 1. The van der Waals surface area contributed by atoms with E-state index in [9.17, 15) is 14.7 Å². The first-order valence-electron chi connectivity index (χ1n) is 25.0. The van der Waals surface area contributed by atoms with Gasteiger partial charge in [-0.3, -0.25) is 24.6 Å². The number of piperidine rings is 2. The molecule has 2 aliphatic rings. The molecule has 3 heterocycles. The largest absolute Gasteiger partial charge is 0.481 e. The predicted molar refractivity (Wildman–Crippen MR) is 254 cm³/mol. The van der Waals surface area contributed by atoms with Crippen molar-refractivity contribution in [3.05, 3.63) is 0 Å². The molecule has 0 bridgehead atoms. The molecule has 62 heavy (non-hydrogen) atoms. The molecule has 0 aliphatic carbocycles. The smallest absolute Gasteiger partial charge is 0.303 e. The molecule has 0 saturated carbocycles. The van der Waals surface area contributed by atoms with E-state index in [-0.39, 0.29) is 53.0 Å². The Morgan fingerprint density at radius 2 is 0.919 bits per heavy atom. The molecule has 13 heteroatoms. The number of unbranched alkanes of at least 4 members (excludes halogenated alkanes) is 10. The summed E-state index contributed by atoms with van der Waals surface area (Å²) >= 11 is 0. The first kappa shape index (κ1) is 53.7. The van der Waals surface area contributed by atoms with Gasteiger partial charge in [0.2, 0.25) is 23.8 Å². The molecule has 0 aromatic carbocycles. The minimum absolute atomic E-state index is 0.0683. The van der Waals surface area contributed by atoms with Crippen LogP contribution >= 0.6 is 0 Å². The third-order valence-corrected chi connectivity index (χ3v) is 13.1. The van der Waals surface area contributed by atoms with Crippen molar-refractivity contribution >= 4 is 29.7 Å². The standard InChI is InChI=1S/C49H92N8O5/c1-13-17-19-21-23-25-31-61-56-46(5,6)33-37(34-47(56,7)8)39(27-15-3)50-43-53-44(55-45(54-43)52-41(58)29-30-42(59)60)51-40(28-16-4)38-35-48(9,10)57(49(11,12)36-38)62-32-26-24-22-20-18-14-2/h37-40H,13-36H2,1-12H3,(H,59,60)(H3,50,51,52,53,54,55,58). The lowest BCUT2D eigenvalue weighted by Gasteiger charge is -2.55. The molecule has 2 fully saturated rings. The van der Waals surface area contributed by atoms with Gasteiger partial charge < -0.3 is 15.7 Å². The number of aliphatic carboxylic acids is 1. The van der Waals surface area contributed by atoms with E-state index in [4.69, 9.17) is 24.6 Å². The van der Waals surface area contributed by atoms with E-state index in [0.717, 1.165) is 77.4 Å².